The molecule has 1 fully saturated rings. The van der Waals surface area contributed by atoms with Gasteiger partial charge in [0.15, 0.2) is 0 Å². The maximum Gasteiger partial charge on any atom is 0.120 e. The van der Waals surface area contributed by atoms with Crippen molar-refractivity contribution in [2.45, 2.75) is 64.0 Å². The molecule has 3 rings (SSSR count). The van der Waals surface area contributed by atoms with E-state index in [2.05, 4.69) is 55.7 Å². The van der Waals surface area contributed by atoms with Crippen molar-refractivity contribution >= 4 is 0 Å². The molecule has 0 aromatic heterocycles. The van der Waals surface area contributed by atoms with Crippen LogP contribution in [0, 0.1) is 6.92 Å². The second-order valence-corrected chi connectivity index (χ2v) is 8.47. The SMILES string of the molecule is CCC1(C)CC(CCNCc2ccccc2O)(c2ccc(C)cc2)CCN1. The van der Waals surface area contributed by atoms with Gasteiger partial charge in [-0.1, -0.05) is 55.0 Å². The zero-order valence-corrected chi connectivity index (χ0v) is 17.0. The lowest BCUT2D eigenvalue weighted by molar-refractivity contribution is 0.162. The van der Waals surface area contributed by atoms with Crippen LogP contribution in [0.5, 0.6) is 5.75 Å². The van der Waals surface area contributed by atoms with Crippen LogP contribution in [-0.2, 0) is 12.0 Å². The summed E-state index contributed by atoms with van der Waals surface area (Å²) in [7, 11) is 0. The zero-order chi connectivity index (χ0) is 19.3. The van der Waals surface area contributed by atoms with Crippen molar-refractivity contribution < 1.29 is 5.11 Å². The third-order valence-electron chi connectivity index (χ3n) is 6.42. The topological polar surface area (TPSA) is 44.3 Å². The Morgan fingerprint density at radius 3 is 2.56 bits per heavy atom. The number of rotatable bonds is 7. The van der Waals surface area contributed by atoms with Crippen LogP contribution in [-0.4, -0.2) is 23.7 Å². The Morgan fingerprint density at radius 1 is 1.11 bits per heavy atom. The number of phenolic OH excluding ortho intramolecular Hbond substituents is 1. The number of benzene rings is 2. The van der Waals surface area contributed by atoms with E-state index in [0.717, 1.165) is 37.9 Å². The summed E-state index contributed by atoms with van der Waals surface area (Å²) < 4.78 is 0. The summed E-state index contributed by atoms with van der Waals surface area (Å²) in [5, 5.41) is 17.3. The molecule has 3 N–H and O–H groups in total. The van der Waals surface area contributed by atoms with Crippen LogP contribution < -0.4 is 10.6 Å². The second-order valence-electron chi connectivity index (χ2n) is 8.47. The van der Waals surface area contributed by atoms with Crippen LogP contribution in [0.1, 0.15) is 56.2 Å². The third kappa shape index (κ3) is 4.72. The van der Waals surface area contributed by atoms with E-state index in [1.54, 1.807) is 6.07 Å². The van der Waals surface area contributed by atoms with E-state index < -0.39 is 0 Å². The Labute approximate surface area is 164 Å². The van der Waals surface area contributed by atoms with E-state index in [1.807, 2.05) is 18.2 Å². The average Bonchev–Trinajstić information content (AvgIpc) is 2.67. The van der Waals surface area contributed by atoms with E-state index in [0.29, 0.717) is 12.3 Å². The smallest absolute Gasteiger partial charge is 0.120 e. The zero-order valence-electron chi connectivity index (χ0n) is 17.0. The summed E-state index contributed by atoms with van der Waals surface area (Å²) in [5.41, 5.74) is 4.15. The van der Waals surface area contributed by atoms with E-state index >= 15 is 0 Å². The first kappa shape index (κ1) is 19.9. The number of aryl methyl sites for hydroxylation is 1. The summed E-state index contributed by atoms with van der Waals surface area (Å²) >= 11 is 0. The van der Waals surface area contributed by atoms with Crippen LogP contribution in [0.4, 0.5) is 0 Å². The van der Waals surface area contributed by atoms with Crippen molar-refractivity contribution in [2.24, 2.45) is 0 Å². The molecule has 3 nitrogen and oxygen atoms in total. The highest BCUT2D eigenvalue weighted by Crippen LogP contribution is 2.42. The first-order valence-corrected chi connectivity index (χ1v) is 10.3. The fourth-order valence-electron chi connectivity index (χ4n) is 4.47. The number of para-hydroxylation sites is 1. The maximum absolute atomic E-state index is 9.97. The first-order chi connectivity index (χ1) is 13.0. The predicted octanol–water partition coefficient (Wildman–Crippen LogP) is 4.67. The van der Waals surface area contributed by atoms with Crippen LogP contribution in [0.3, 0.4) is 0 Å². The first-order valence-electron chi connectivity index (χ1n) is 10.3. The van der Waals surface area contributed by atoms with Gasteiger partial charge < -0.3 is 15.7 Å². The lowest BCUT2D eigenvalue weighted by atomic mass is 9.64. The standard InChI is InChI=1S/C24H34N2O/c1-4-23(3)18-24(14-16-26-23,21-11-9-19(2)10-12-21)13-15-25-17-20-7-5-6-8-22(20)27/h5-12,25-27H,4,13-18H2,1-3H3. The van der Waals surface area contributed by atoms with Crippen molar-refractivity contribution in [1.82, 2.24) is 10.6 Å². The third-order valence-corrected chi connectivity index (χ3v) is 6.42. The van der Waals surface area contributed by atoms with E-state index in [-0.39, 0.29) is 11.0 Å². The van der Waals surface area contributed by atoms with Crippen molar-refractivity contribution in [1.29, 1.82) is 0 Å². The highest BCUT2D eigenvalue weighted by Gasteiger charge is 2.41. The molecule has 0 bridgehead atoms. The Morgan fingerprint density at radius 2 is 1.85 bits per heavy atom. The van der Waals surface area contributed by atoms with E-state index in [9.17, 15) is 5.11 Å². The molecule has 0 radical (unpaired) electrons. The van der Waals surface area contributed by atoms with Gasteiger partial charge in [0.1, 0.15) is 5.75 Å². The van der Waals surface area contributed by atoms with Gasteiger partial charge in [-0.2, -0.15) is 0 Å². The minimum atomic E-state index is 0.195. The Kier molecular flexibility index (Phi) is 6.23. The molecule has 1 saturated heterocycles. The summed E-state index contributed by atoms with van der Waals surface area (Å²) in [4.78, 5) is 0. The number of hydrogen-bond donors (Lipinski definition) is 3. The fraction of sp³-hybridized carbons (Fsp3) is 0.500. The summed E-state index contributed by atoms with van der Waals surface area (Å²) in [5.74, 6) is 0.374. The predicted molar refractivity (Wildman–Crippen MR) is 113 cm³/mol. The molecule has 0 aliphatic carbocycles. The molecule has 2 aromatic carbocycles. The molecule has 2 atom stereocenters. The molecule has 3 heteroatoms. The lowest BCUT2D eigenvalue weighted by Gasteiger charge is -2.48. The molecule has 1 heterocycles. The van der Waals surface area contributed by atoms with Crippen LogP contribution in [0.2, 0.25) is 0 Å². The number of aromatic hydroxyl groups is 1. The molecule has 146 valence electrons. The Bertz CT molecular complexity index is 742. The number of piperidine rings is 1. The molecular weight excluding hydrogens is 332 g/mol. The summed E-state index contributed by atoms with van der Waals surface area (Å²) in [6, 6.07) is 16.7. The summed E-state index contributed by atoms with van der Waals surface area (Å²) in [6.07, 6.45) is 4.59. The van der Waals surface area contributed by atoms with Gasteiger partial charge in [0, 0.05) is 17.6 Å². The molecule has 0 saturated carbocycles. The Balaban J connectivity index is 1.72. The quantitative estimate of drug-likeness (QED) is 0.624. The van der Waals surface area contributed by atoms with Crippen molar-refractivity contribution in [3.05, 3.63) is 65.2 Å². The summed E-state index contributed by atoms with van der Waals surface area (Å²) in [6.45, 7) is 9.53. The number of phenols is 1. The van der Waals surface area contributed by atoms with Crippen LogP contribution in [0.25, 0.3) is 0 Å². The number of nitrogens with one attached hydrogen (secondary N) is 2. The van der Waals surface area contributed by atoms with Gasteiger partial charge in [-0.3, -0.25) is 0 Å². The lowest BCUT2D eigenvalue weighted by Crippen LogP contribution is -2.54. The molecule has 2 unspecified atom stereocenters. The van der Waals surface area contributed by atoms with E-state index in [1.165, 1.54) is 17.5 Å². The van der Waals surface area contributed by atoms with Crippen molar-refractivity contribution in [2.75, 3.05) is 13.1 Å². The average molecular weight is 367 g/mol. The van der Waals surface area contributed by atoms with Gasteiger partial charge in [-0.25, -0.2) is 0 Å². The molecular formula is C24H34N2O. The van der Waals surface area contributed by atoms with Gasteiger partial charge in [0.25, 0.3) is 0 Å². The number of hydrogen-bond acceptors (Lipinski definition) is 3. The highest BCUT2D eigenvalue weighted by molar-refractivity contribution is 5.32. The van der Waals surface area contributed by atoms with Crippen LogP contribution >= 0.6 is 0 Å². The van der Waals surface area contributed by atoms with Crippen LogP contribution in [0.15, 0.2) is 48.5 Å². The minimum Gasteiger partial charge on any atom is -0.508 e. The van der Waals surface area contributed by atoms with Gasteiger partial charge >= 0.3 is 0 Å². The fourth-order valence-corrected chi connectivity index (χ4v) is 4.47. The maximum atomic E-state index is 9.97. The van der Waals surface area contributed by atoms with Gasteiger partial charge in [0.2, 0.25) is 0 Å². The largest absolute Gasteiger partial charge is 0.508 e. The highest BCUT2D eigenvalue weighted by atomic mass is 16.3. The van der Waals surface area contributed by atoms with Crippen molar-refractivity contribution in [3.63, 3.8) is 0 Å². The Hall–Kier alpha value is -1.84. The second kappa shape index (κ2) is 8.45. The monoisotopic (exact) mass is 366 g/mol. The minimum absolute atomic E-state index is 0.195. The van der Waals surface area contributed by atoms with Crippen molar-refractivity contribution in [3.8, 4) is 5.75 Å². The van der Waals surface area contributed by atoms with Gasteiger partial charge in [0.05, 0.1) is 0 Å². The normalized spacial score (nSPS) is 25.4. The molecule has 1 aliphatic rings. The van der Waals surface area contributed by atoms with Gasteiger partial charge in [-0.15, -0.1) is 0 Å². The molecule has 2 aromatic rings. The molecule has 0 amide bonds. The molecule has 0 spiro atoms. The van der Waals surface area contributed by atoms with Gasteiger partial charge in [-0.05, 0) is 69.7 Å². The van der Waals surface area contributed by atoms with E-state index in [4.69, 9.17) is 0 Å². The molecule has 1 aliphatic heterocycles. The molecule has 27 heavy (non-hydrogen) atoms.